The summed E-state index contributed by atoms with van der Waals surface area (Å²) in [6, 6.07) is 0. The van der Waals surface area contributed by atoms with Crippen LogP contribution in [0.3, 0.4) is 0 Å². The topological polar surface area (TPSA) is 51.8 Å². The first kappa shape index (κ1) is 14.6. The third-order valence-corrected chi connectivity index (χ3v) is 2.40. The molecular formula is C6H13Cl2N3S. The van der Waals surface area contributed by atoms with Gasteiger partial charge in [0.1, 0.15) is 10.0 Å². The smallest absolute Gasteiger partial charge is 0.131 e. The van der Waals surface area contributed by atoms with Crippen LogP contribution in [0.5, 0.6) is 0 Å². The van der Waals surface area contributed by atoms with E-state index in [0.29, 0.717) is 12.5 Å². The summed E-state index contributed by atoms with van der Waals surface area (Å²) in [6.45, 7) is 4.70. The normalized spacial score (nSPS) is 9.00. The minimum atomic E-state index is 0. The van der Waals surface area contributed by atoms with Crippen LogP contribution in [0.1, 0.15) is 29.8 Å². The predicted molar refractivity (Wildman–Crippen MR) is 56.4 cm³/mol. The first-order chi connectivity index (χ1) is 4.74. The average Bonchev–Trinajstić information content (AvgIpc) is 2.34. The van der Waals surface area contributed by atoms with E-state index in [1.54, 1.807) is 11.3 Å². The second-order valence-corrected chi connectivity index (χ2v) is 3.49. The third-order valence-electron chi connectivity index (χ3n) is 1.15. The summed E-state index contributed by atoms with van der Waals surface area (Å²) >= 11 is 1.59. The second-order valence-electron chi connectivity index (χ2n) is 2.39. The van der Waals surface area contributed by atoms with E-state index >= 15 is 0 Å². The molecule has 0 amide bonds. The van der Waals surface area contributed by atoms with Gasteiger partial charge in [-0.15, -0.1) is 35.0 Å². The molecule has 0 aliphatic rings. The van der Waals surface area contributed by atoms with Gasteiger partial charge < -0.3 is 5.73 Å². The minimum absolute atomic E-state index is 0. The molecule has 0 saturated heterocycles. The SMILES string of the molecule is CC(C)c1nnc(CN)s1.Cl.Cl. The summed E-state index contributed by atoms with van der Waals surface area (Å²) in [5.41, 5.74) is 5.37. The van der Waals surface area contributed by atoms with Crippen LogP contribution in [0.25, 0.3) is 0 Å². The van der Waals surface area contributed by atoms with Gasteiger partial charge in [-0.2, -0.15) is 0 Å². The summed E-state index contributed by atoms with van der Waals surface area (Å²) in [4.78, 5) is 0. The van der Waals surface area contributed by atoms with E-state index < -0.39 is 0 Å². The van der Waals surface area contributed by atoms with Gasteiger partial charge in [0.25, 0.3) is 0 Å². The van der Waals surface area contributed by atoms with Crippen molar-refractivity contribution in [2.45, 2.75) is 26.3 Å². The van der Waals surface area contributed by atoms with Gasteiger partial charge in [0.05, 0.1) is 0 Å². The largest absolute Gasteiger partial charge is 0.324 e. The Morgan fingerprint density at radius 3 is 2.17 bits per heavy atom. The van der Waals surface area contributed by atoms with E-state index in [2.05, 4.69) is 24.0 Å². The van der Waals surface area contributed by atoms with E-state index in [-0.39, 0.29) is 24.8 Å². The first-order valence-corrected chi connectivity index (χ1v) is 4.08. The van der Waals surface area contributed by atoms with Crippen molar-refractivity contribution in [2.75, 3.05) is 0 Å². The molecule has 1 heterocycles. The fraction of sp³-hybridized carbons (Fsp3) is 0.667. The van der Waals surface area contributed by atoms with Crippen LogP contribution in [0.2, 0.25) is 0 Å². The Morgan fingerprint density at radius 2 is 1.92 bits per heavy atom. The molecule has 1 aromatic rings. The molecule has 0 radical (unpaired) electrons. The molecule has 12 heavy (non-hydrogen) atoms. The van der Waals surface area contributed by atoms with E-state index in [9.17, 15) is 0 Å². The summed E-state index contributed by atoms with van der Waals surface area (Å²) < 4.78 is 0. The van der Waals surface area contributed by atoms with Gasteiger partial charge in [-0.25, -0.2) is 0 Å². The van der Waals surface area contributed by atoms with Crippen molar-refractivity contribution in [3.8, 4) is 0 Å². The summed E-state index contributed by atoms with van der Waals surface area (Å²) in [5.74, 6) is 0.470. The monoisotopic (exact) mass is 229 g/mol. The van der Waals surface area contributed by atoms with Gasteiger partial charge in [-0.3, -0.25) is 0 Å². The maximum absolute atomic E-state index is 5.37. The van der Waals surface area contributed by atoms with Crippen LogP contribution in [-0.4, -0.2) is 10.2 Å². The molecule has 2 N–H and O–H groups in total. The van der Waals surface area contributed by atoms with E-state index in [1.807, 2.05) is 0 Å². The molecule has 3 nitrogen and oxygen atoms in total. The molecule has 0 spiro atoms. The molecule has 0 atom stereocenters. The average molecular weight is 230 g/mol. The summed E-state index contributed by atoms with van der Waals surface area (Å²) in [7, 11) is 0. The maximum Gasteiger partial charge on any atom is 0.131 e. The zero-order valence-electron chi connectivity index (χ0n) is 6.98. The summed E-state index contributed by atoms with van der Waals surface area (Å²) in [6.07, 6.45) is 0. The highest BCUT2D eigenvalue weighted by Gasteiger charge is 2.05. The highest BCUT2D eigenvalue weighted by molar-refractivity contribution is 7.11. The molecule has 0 unspecified atom stereocenters. The number of nitrogens with two attached hydrogens (primary N) is 1. The maximum atomic E-state index is 5.37. The summed E-state index contributed by atoms with van der Waals surface area (Å²) in [5, 5.41) is 9.86. The van der Waals surface area contributed by atoms with Crippen molar-refractivity contribution < 1.29 is 0 Å². The van der Waals surface area contributed by atoms with Crippen LogP contribution in [0.15, 0.2) is 0 Å². The standard InChI is InChI=1S/C6H11N3S.2ClH/c1-4(2)6-9-8-5(3-7)10-6;;/h4H,3,7H2,1-2H3;2*1H. The van der Waals surface area contributed by atoms with E-state index in [4.69, 9.17) is 5.73 Å². The zero-order chi connectivity index (χ0) is 7.56. The van der Waals surface area contributed by atoms with Crippen LogP contribution in [0, 0.1) is 0 Å². The molecule has 0 aliphatic heterocycles. The number of halogens is 2. The lowest BCUT2D eigenvalue weighted by Gasteiger charge is -1.92. The van der Waals surface area contributed by atoms with Crippen LogP contribution in [0.4, 0.5) is 0 Å². The number of aromatic nitrogens is 2. The number of rotatable bonds is 2. The quantitative estimate of drug-likeness (QED) is 0.844. The molecule has 0 fully saturated rings. The molecule has 0 saturated carbocycles. The highest BCUT2D eigenvalue weighted by atomic mass is 35.5. The zero-order valence-corrected chi connectivity index (χ0v) is 9.43. The second kappa shape index (κ2) is 6.60. The van der Waals surface area contributed by atoms with E-state index in [0.717, 1.165) is 10.0 Å². The fourth-order valence-electron chi connectivity index (χ4n) is 0.582. The first-order valence-electron chi connectivity index (χ1n) is 3.26. The van der Waals surface area contributed by atoms with Gasteiger partial charge in [-0.1, -0.05) is 25.2 Å². The fourth-order valence-corrected chi connectivity index (χ4v) is 1.31. The van der Waals surface area contributed by atoms with Crippen molar-refractivity contribution >= 4 is 36.2 Å². The number of hydrogen-bond donors (Lipinski definition) is 1. The van der Waals surface area contributed by atoms with Gasteiger partial charge in [0.15, 0.2) is 0 Å². The molecule has 6 heteroatoms. The molecule has 0 bridgehead atoms. The minimum Gasteiger partial charge on any atom is -0.324 e. The Morgan fingerprint density at radius 1 is 1.33 bits per heavy atom. The van der Waals surface area contributed by atoms with Crippen LogP contribution >= 0.6 is 36.2 Å². The van der Waals surface area contributed by atoms with Crippen LogP contribution in [-0.2, 0) is 6.54 Å². The van der Waals surface area contributed by atoms with Gasteiger partial charge in [0, 0.05) is 12.5 Å². The lowest BCUT2D eigenvalue weighted by Crippen LogP contribution is -1.94. The van der Waals surface area contributed by atoms with Gasteiger partial charge >= 0.3 is 0 Å². The highest BCUT2D eigenvalue weighted by Crippen LogP contribution is 2.17. The molecular weight excluding hydrogens is 217 g/mol. The Balaban J connectivity index is 0. The van der Waals surface area contributed by atoms with Crippen molar-refractivity contribution in [3.63, 3.8) is 0 Å². The number of nitrogens with zero attached hydrogens (tertiary/aromatic N) is 2. The lowest BCUT2D eigenvalue weighted by atomic mass is 10.2. The van der Waals surface area contributed by atoms with Crippen molar-refractivity contribution in [3.05, 3.63) is 10.0 Å². The predicted octanol–water partition coefficient (Wildman–Crippen LogP) is 1.96. The van der Waals surface area contributed by atoms with Crippen molar-refractivity contribution in [1.29, 1.82) is 0 Å². The van der Waals surface area contributed by atoms with Gasteiger partial charge in [-0.05, 0) is 0 Å². The lowest BCUT2D eigenvalue weighted by molar-refractivity contribution is 0.816. The molecule has 1 rings (SSSR count). The van der Waals surface area contributed by atoms with Crippen LogP contribution < -0.4 is 5.73 Å². The van der Waals surface area contributed by atoms with Crippen molar-refractivity contribution in [2.24, 2.45) is 5.73 Å². The third kappa shape index (κ3) is 3.67. The van der Waals surface area contributed by atoms with E-state index in [1.165, 1.54) is 0 Å². The molecule has 0 aromatic carbocycles. The number of hydrogen-bond acceptors (Lipinski definition) is 4. The Labute approximate surface area is 88.6 Å². The Bertz CT molecular complexity index is 214. The Hall–Kier alpha value is 0.1000. The van der Waals surface area contributed by atoms with Crippen molar-refractivity contribution in [1.82, 2.24) is 10.2 Å². The molecule has 1 aromatic heterocycles. The molecule has 72 valence electrons. The molecule has 0 aliphatic carbocycles. The Kier molecular flexibility index (Phi) is 8.04. The van der Waals surface area contributed by atoms with Gasteiger partial charge in [0.2, 0.25) is 0 Å².